The highest BCUT2D eigenvalue weighted by molar-refractivity contribution is 5.28. The number of rotatable bonds is 4. The van der Waals surface area contributed by atoms with Crippen molar-refractivity contribution in [2.24, 2.45) is 5.73 Å². The molecule has 0 aliphatic carbocycles. The summed E-state index contributed by atoms with van der Waals surface area (Å²) in [6.07, 6.45) is -2.60. The van der Waals surface area contributed by atoms with E-state index in [1.807, 2.05) is 0 Å². The average Bonchev–Trinajstić information content (AvgIpc) is 2.39. The summed E-state index contributed by atoms with van der Waals surface area (Å²) in [7, 11) is 0. The Bertz CT molecular complexity index is 599. The highest BCUT2D eigenvalue weighted by Crippen LogP contribution is 2.23. The zero-order valence-electron chi connectivity index (χ0n) is 11.3. The summed E-state index contributed by atoms with van der Waals surface area (Å²) >= 11 is 0. The number of benzene rings is 1. The third-order valence-electron chi connectivity index (χ3n) is 2.79. The highest BCUT2D eigenvalue weighted by atomic mass is 19.4. The van der Waals surface area contributed by atoms with E-state index in [1.165, 1.54) is 12.1 Å². The lowest BCUT2D eigenvalue weighted by Crippen LogP contribution is -2.17. The normalized spacial score (nSPS) is 13.0. The van der Waals surface area contributed by atoms with Gasteiger partial charge in [-0.1, -0.05) is 12.1 Å². The fourth-order valence-corrected chi connectivity index (χ4v) is 1.87. The van der Waals surface area contributed by atoms with Crippen LogP contribution in [0.5, 0.6) is 5.75 Å². The van der Waals surface area contributed by atoms with E-state index < -0.39 is 6.36 Å². The molecule has 1 heterocycles. The van der Waals surface area contributed by atoms with Gasteiger partial charge in [0.05, 0.1) is 11.7 Å². The first kappa shape index (κ1) is 15.2. The van der Waals surface area contributed by atoms with Gasteiger partial charge in [0.1, 0.15) is 11.6 Å². The van der Waals surface area contributed by atoms with Crippen molar-refractivity contribution in [1.29, 1.82) is 0 Å². The molecule has 0 bridgehead atoms. The van der Waals surface area contributed by atoms with Crippen LogP contribution < -0.4 is 10.5 Å². The van der Waals surface area contributed by atoms with Crippen molar-refractivity contribution >= 4 is 0 Å². The summed E-state index contributed by atoms with van der Waals surface area (Å²) in [5.41, 5.74) is 7.53. The van der Waals surface area contributed by atoms with Crippen LogP contribution in [-0.4, -0.2) is 16.3 Å². The smallest absolute Gasteiger partial charge is 0.406 e. The van der Waals surface area contributed by atoms with Crippen LogP contribution in [0.25, 0.3) is 0 Å². The van der Waals surface area contributed by atoms with E-state index >= 15 is 0 Å². The predicted molar refractivity (Wildman–Crippen MR) is 70.5 cm³/mol. The number of hydrogen-bond acceptors (Lipinski definition) is 4. The SMILES string of the molecule is Cc1nccc(C(N)Cc2ccc(OC(F)(F)F)cc2)n1. The Balaban J connectivity index is 2.03. The molecule has 2 aromatic rings. The number of aromatic nitrogens is 2. The van der Waals surface area contributed by atoms with E-state index in [1.54, 1.807) is 31.3 Å². The van der Waals surface area contributed by atoms with Gasteiger partial charge in [0.15, 0.2) is 0 Å². The van der Waals surface area contributed by atoms with Crippen molar-refractivity contribution in [2.75, 3.05) is 0 Å². The number of aryl methyl sites for hydroxylation is 1. The monoisotopic (exact) mass is 297 g/mol. The van der Waals surface area contributed by atoms with E-state index in [0.717, 1.165) is 5.56 Å². The van der Waals surface area contributed by atoms with Gasteiger partial charge in [-0.15, -0.1) is 13.2 Å². The van der Waals surface area contributed by atoms with Crippen LogP contribution >= 0.6 is 0 Å². The lowest BCUT2D eigenvalue weighted by atomic mass is 10.0. The largest absolute Gasteiger partial charge is 0.573 e. The number of halogens is 3. The van der Waals surface area contributed by atoms with E-state index in [9.17, 15) is 13.2 Å². The molecule has 4 nitrogen and oxygen atoms in total. The van der Waals surface area contributed by atoms with Crippen molar-refractivity contribution in [3.05, 3.63) is 53.6 Å². The van der Waals surface area contributed by atoms with Crippen molar-refractivity contribution in [3.63, 3.8) is 0 Å². The fraction of sp³-hybridized carbons (Fsp3) is 0.286. The second-order valence-corrected chi connectivity index (χ2v) is 4.53. The van der Waals surface area contributed by atoms with Crippen LogP contribution in [0.3, 0.4) is 0 Å². The van der Waals surface area contributed by atoms with E-state index in [4.69, 9.17) is 5.73 Å². The van der Waals surface area contributed by atoms with Crippen LogP contribution in [0.15, 0.2) is 36.5 Å². The lowest BCUT2D eigenvalue weighted by Gasteiger charge is -2.12. The van der Waals surface area contributed by atoms with E-state index in [-0.39, 0.29) is 11.8 Å². The van der Waals surface area contributed by atoms with Crippen LogP contribution in [0.4, 0.5) is 13.2 Å². The topological polar surface area (TPSA) is 61.0 Å². The average molecular weight is 297 g/mol. The fourth-order valence-electron chi connectivity index (χ4n) is 1.87. The first-order valence-corrected chi connectivity index (χ1v) is 6.23. The van der Waals surface area contributed by atoms with Crippen molar-refractivity contribution in [3.8, 4) is 5.75 Å². The Morgan fingerprint density at radius 1 is 1.19 bits per heavy atom. The van der Waals surface area contributed by atoms with E-state index in [2.05, 4.69) is 14.7 Å². The predicted octanol–water partition coefficient (Wildman–Crippen LogP) is 2.93. The third kappa shape index (κ3) is 4.71. The summed E-state index contributed by atoms with van der Waals surface area (Å²) in [6, 6.07) is 7.01. The Morgan fingerprint density at radius 2 is 1.86 bits per heavy atom. The summed E-state index contributed by atoms with van der Waals surface area (Å²) in [4.78, 5) is 8.21. The molecule has 0 aliphatic heterocycles. The molecule has 2 rings (SSSR count). The maximum atomic E-state index is 12.1. The van der Waals surface area contributed by atoms with Gasteiger partial charge in [-0.3, -0.25) is 0 Å². The highest BCUT2D eigenvalue weighted by Gasteiger charge is 2.30. The molecule has 0 amide bonds. The molecule has 112 valence electrons. The van der Waals surface area contributed by atoms with Crippen LogP contribution in [-0.2, 0) is 6.42 Å². The minimum absolute atomic E-state index is 0.252. The maximum Gasteiger partial charge on any atom is 0.573 e. The summed E-state index contributed by atoms with van der Waals surface area (Å²) < 4.78 is 40.0. The summed E-state index contributed by atoms with van der Waals surface area (Å²) in [6.45, 7) is 1.76. The molecule has 1 atom stereocenters. The Morgan fingerprint density at radius 3 is 2.43 bits per heavy atom. The molecular weight excluding hydrogens is 283 g/mol. The van der Waals surface area contributed by atoms with Crippen molar-refractivity contribution in [2.45, 2.75) is 25.7 Å². The van der Waals surface area contributed by atoms with Gasteiger partial charge >= 0.3 is 6.36 Å². The number of hydrogen-bond donors (Lipinski definition) is 1. The molecular formula is C14H14F3N3O. The first-order valence-electron chi connectivity index (χ1n) is 6.23. The zero-order valence-corrected chi connectivity index (χ0v) is 11.3. The molecule has 1 unspecified atom stereocenters. The molecule has 0 fully saturated rings. The minimum atomic E-state index is -4.68. The Labute approximate surface area is 119 Å². The molecule has 2 N–H and O–H groups in total. The number of alkyl halides is 3. The van der Waals surface area contributed by atoms with Crippen LogP contribution in [0.2, 0.25) is 0 Å². The van der Waals surface area contributed by atoms with Gasteiger partial charge in [-0.2, -0.15) is 0 Å². The summed E-state index contributed by atoms with van der Waals surface area (Å²) in [5, 5.41) is 0. The molecule has 0 spiro atoms. The van der Waals surface area contributed by atoms with Crippen LogP contribution in [0.1, 0.15) is 23.1 Å². The molecule has 1 aromatic heterocycles. The standard InChI is InChI=1S/C14H14F3N3O/c1-9-19-7-6-13(20-9)12(18)8-10-2-4-11(5-3-10)21-14(15,16)17/h2-7,12H,8,18H2,1H3. The molecule has 1 aromatic carbocycles. The Hall–Kier alpha value is -2.15. The molecule has 7 heteroatoms. The molecule has 0 saturated heterocycles. The molecule has 0 aliphatic rings. The maximum absolute atomic E-state index is 12.1. The second kappa shape index (κ2) is 6.09. The van der Waals surface area contributed by atoms with Gasteiger partial charge in [-0.05, 0) is 37.1 Å². The van der Waals surface area contributed by atoms with Gasteiger partial charge in [-0.25, -0.2) is 9.97 Å². The lowest BCUT2D eigenvalue weighted by molar-refractivity contribution is -0.274. The number of ether oxygens (including phenoxy) is 1. The van der Waals surface area contributed by atoms with Crippen molar-refractivity contribution < 1.29 is 17.9 Å². The molecule has 0 saturated carbocycles. The summed E-state index contributed by atoms with van der Waals surface area (Å²) in [5.74, 6) is 0.370. The number of nitrogens with two attached hydrogens (primary N) is 1. The number of nitrogens with zero attached hydrogens (tertiary/aromatic N) is 2. The van der Waals surface area contributed by atoms with Crippen LogP contribution in [0, 0.1) is 6.92 Å². The third-order valence-corrected chi connectivity index (χ3v) is 2.79. The molecule has 0 radical (unpaired) electrons. The quantitative estimate of drug-likeness (QED) is 0.942. The first-order chi connectivity index (χ1) is 9.83. The second-order valence-electron chi connectivity index (χ2n) is 4.53. The van der Waals surface area contributed by atoms with Gasteiger partial charge in [0.2, 0.25) is 0 Å². The Kier molecular flexibility index (Phi) is 4.42. The minimum Gasteiger partial charge on any atom is -0.406 e. The zero-order chi connectivity index (χ0) is 15.5. The van der Waals surface area contributed by atoms with E-state index in [0.29, 0.717) is 17.9 Å². The van der Waals surface area contributed by atoms with Gasteiger partial charge in [0.25, 0.3) is 0 Å². The van der Waals surface area contributed by atoms with Gasteiger partial charge in [0, 0.05) is 6.20 Å². The molecule has 21 heavy (non-hydrogen) atoms. The van der Waals surface area contributed by atoms with Gasteiger partial charge < -0.3 is 10.5 Å². The van der Waals surface area contributed by atoms with Crippen molar-refractivity contribution in [1.82, 2.24) is 9.97 Å².